The van der Waals surface area contributed by atoms with E-state index in [0.29, 0.717) is 6.04 Å². The third-order valence-corrected chi connectivity index (χ3v) is 6.22. The third-order valence-electron chi connectivity index (χ3n) is 4.56. The van der Waals surface area contributed by atoms with Crippen molar-refractivity contribution in [2.75, 3.05) is 6.54 Å². The van der Waals surface area contributed by atoms with Crippen LogP contribution in [-0.4, -0.2) is 25.6 Å². The Bertz CT molecular complexity index is 843. The highest BCUT2D eigenvalue weighted by atomic mass is 32.1. The second kappa shape index (κ2) is 6.19. The molecule has 2 aromatic heterocycles. The van der Waals surface area contributed by atoms with E-state index in [1.165, 1.54) is 29.0 Å². The Kier molecular flexibility index (Phi) is 4.05. The van der Waals surface area contributed by atoms with Gasteiger partial charge in [0.2, 0.25) is 0 Å². The van der Waals surface area contributed by atoms with Gasteiger partial charge in [0.25, 0.3) is 0 Å². The number of benzene rings is 1. The van der Waals surface area contributed by atoms with Crippen LogP contribution in [0.5, 0.6) is 0 Å². The minimum atomic E-state index is 0.406. The number of piperidine rings is 1. The SMILES string of the molecule is Cn1ccn(CN2CCCC[C@@H]2c2nc3ccccc3s2)c1=S. The molecule has 1 aliphatic rings. The minimum Gasteiger partial charge on any atom is -0.327 e. The number of imidazole rings is 1. The molecule has 1 aliphatic heterocycles. The molecule has 3 aromatic rings. The number of rotatable bonds is 3. The number of para-hydroxylation sites is 1. The lowest BCUT2D eigenvalue weighted by Gasteiger charge is -2.34. The highest BCUT2D eigenvalue weighted by Gasteiger charge is 2.27. The summed E-state index contributed by atoms with van der Waals surface area (Å²) >= 11 is 7.32. The van der Waals surface area contributed by atoms with E-state index in [-0.39, 0.29) is 0 Å². The second-order valence-corrected chi connectivity index (χ2v) is 7.57. The minimum absolute atomic E-state index is 0.406. The van der Waals surface area contributed by atoms with Crippen molar-refractivity contribution in [2.24, 2.45) is 7.05 Å². The van der Waals surface area contributed by atoms with Crippen LogP contribution in [0.3, 0.4) is 0 Å². The molecule has 0 unspecified atom stereocenters. The third kappa shape index (κ3) is 2.86. The fourth-order valence-corrected chi connectivity index (χ4v) is 4.60. The summed E-state index contributed by atoms with van der Waals surface area (Å²) in [6, 6.07) is 8.83. The molecule has 0 saturated carbocycles. The smallest absolute Gasteiger partial charge is 0.180 e. The van der Waals surface area contributed by atoms with Crippen LogP contribution in [0.25, 0.3) is 10.2 Å². The van der Waals surface area contributed by atoms with Gasteiger partial charge in [0.05, 0.1) is 22.9 Å². The molecule has 4 nitrogen and oxygen atoms in total. The zero-order chi connectivity index (χ0) is 15.8. The number of fused-ring (bicyclic) bond motifs is 1. The van der Waals surface area contributed by atoms with Gasteiger partial charge >= 0.3 is 0 Å². The summed E-state index contributed by atoms with van der Waals surface area (Å²) in [6.07, 6.45) is 7.81. The predicted octanol–water partition coefficient (Wildman–Crippen LogP) is 4.35. The summed E-state index contributed by atoms with van der Waals surface area (Å²) in [4.78, 5) is 7.42. The Morgan fingerprint density at radius 1 is 1.26 bits per heavy atom. The summed E-state index contributed by atoms with van der Waals surface area (Å²) in [7, 11) is 2.00. The summed E-state index contributed by atoms with van der Waals surface area (Å²) in [6.45, 7) is 1.96. The van der Waals surface area contributed by atoms with Crippen molar-refractivity contribution in [3.8, 4) is 0 Å². The largest absolute Gasteiger partial charge is 0.327 e. The van der Waals surface area contributed by atoms with Gasteiger partial charge in [0.15, 0.2) is 4.77 Å². The van der Waals surface area contributed by atoms with E-state index in [0.717, 1.165) is 23.5 Å². The van der Waals surface area contributed by atoms with Gasteiger partial charge in [-0.2, -0.15) is 0 Å². The number of nitrogens with zero attached hydrogens (tertiary/aromatic N) is 4. The van der Waals surface area contributed by atoms with Crippen molar-refractivity contribution in [1.82, 2.24) is 19.0 Å². The van der Waals surface area contributed by atoms with Crippen LogP contribution in [0.1, 0.15) is 30.3 Å². The highest BCUT2D eigenvalue weighted by molar-refractivity contribution is 7.71. The standard InChI is InChI=1S/C17H20N4S2/c1-19-10-11-21(17(19)22)12-20-9-5-4-7-14(20)16-18-13-6-2-3-8-15(13)23-16/h2-3,6,8,10-11,14H,4-5,7,9,12H2,1H3/t14-/m1/s1. The lowest BCUT2D eigenvalue weighted by molar-refractivity contribution is 0.109. The van der Waals surface area contributed by atoms with Crippen molar-refractivity contribution in [3.05, 3.63) is 46.4 Å². The Morgan fingerprint density at radius 3 is 2.91 bits per heavy atom. The van der Waals surface area contributed by atoms with Gasteiger partial charge in [0, 0.05) is 26.0 Å². The molecule has 1 aromatic carbocycles. The van der Waals surface area contributed by atoms with Crippen molar-refractivity contribution in [3.63, 3.8) is 0 Å². The molecule has 6 heteroatoms. The average Bonchev–Trinajstić information content (AvgIpc) is 3.14. The highest BCUT2D eigenvalue weighted by Crippen LogP contribution is 2.35. The molecule has 1 fully saturated rings. The first-order valence-corrected chi connectivity index (χ1v) is 9.26. The molecule has 3 heterocycles. The van der Waals surface area contributed by atoms with Gasteiger partial charge in [-0.3, -0.25) is 4.90 Å². The van der Waals surface area contributed by atoms with E-state index in [4.69, 9.17) is 17.2 Å². The van der Waals surface area contributed by atoms with Crippen LogP contribution in [0.15, 0.2) is 36.7 Å². The van der Waals surface area contributed by atoms with Gasteiger partial charge in [-0.25, -0.2) is 4.98 Å². The lowest BCUT2D eigenvalue weighted by atomic mass is 10.0. The fourth-order valence-electron chi connectivity index (χ4n) is 3.29. The quantitative estimate of drug-likeness (QED) is 0.661. The molecule has 4 rings (SSSR count). The van der Waals surface area contributed by atoms with E-state index >= 15 is 0 Å². The molecule has 0 N–H and O–H groups in total. The second-order valence-electron chi connectivity index (χ2n) is 6.15. The van der Waals surface area contributed by atoms with Crippen molar-refractivity contribution < 1.29 is 0 Å². The van der Waals surface area contributed by atoms with Gasteiger partial charge in [-0.05, 0) is 37.2 Å². The van der Waals surface area contributed by atoms with Crippen molar-refractivity contribution in [1.29, 1.82) is 0 Å². The van der Waals surface area contributed by atoms with E-state index in [1.807, 2.05) is 29.1 Å². The fraction of sp³-hybridized carbons (Fsp3) is 0.412. The van der Waals surface area contributed by atoms with Crippen molar-refractivity contribution in [2.45, 2.75) is 32.0 Å². The van der Waals surface area contributed by atoms with Gasteiger partial charge in [0.1, 0.15) is 5.01 Å². The van der Waals surface area contributed by atoms with Crippen LogP contribution in [0, 0.1) is 4.77 Å². The molecule has 0 spiro atoms. The summed E-state index contributed by atoms with van der Waals surface area (Å²) in [5, 5.41) is 1.24. The molecule has 0 radical (unpaired) electrons. The van der Waals surface area contributed by atoms with E-state index in [2.05, 4.69) is 39.9 Å². The molecule has 0 aliphatic carbocycles. The Hall–Kier alpha value is -1.50. The first-order chi connectivity index (χ1) is 11.2. The Labute approximate surface area is 145 Å². The van der Waals surface area contributed by atoms with Crippen LogP contribution < -0.4 is 0 Å². The first-order valence-electron chi connectivity index (χ1n) is 8.03. The maximum Gasteiger partial charge on any atom is 0.180 e. The van der Waals surface area contributed by atoms with E-state index in [1.54, 1.807) is 0 Å². The number of aryl methyl sites for hydroxylation is 1. The number of aromatic nitrogens is 3. The molecule has 23 heavy (non-hydrogen) atoms. The van der Waals surface area contributed by atoms with Gasteiger partial charge < -0.3 is 9.13 Å². The zero-order valence-corrected chi connectivity index (χ0v) is 14.8. The predicted molar refractivity (Wildman–Crippen MR) is 97.2 cm³/mol. The number of hydrogen-bond donors (Lipinski definition) is 0. The Morgan fingerprint density at radius 2 is 2.13 bits per heavy atom. The van der Waals surface area contributed by atoms with E-state index in [9.17, 15) is 0 Å². The summed E-state index contributed by atoms with van der Waals surface area (Å²) in [5.74, 6) is 0. The molecule has 0 amide bonds. The normalized spacial score (nSPS) is 19.4. The number of likely N-dealkylation sites (tertiary alicyclic amines) is 1. The monoisotopic (exact) mass is 344 g/mol. The molecular formula is C17H20N4S2. The molecule has 0 bridgehead atoms. The van der Waals surface area contributed by atoms with E-state index < -0.39 is 0 Å². The zero-order valence-electron chi connectivity index (χ0n) is 13.2. The number of hydrogen-bond acceptors (Lipinski definition) is 4. The molecule has 120 valence electrons. The molecule has 1 atom stereocenters. The molecule has 1 saturated heterocycles. The topological polar surface area (TPSA) is 26.0 Å². The Balaban J connectivity index is 1.64. The summed E-state index contributed by atoms with van der Waals surface area (Å²) < 4.78 is 6.30. The lowest BCUT2D eigenvalue weighted by Crippen LogP contribution is -2.34. The maximum atomic E-state index is 5.49. The molecular weight excluding hydrogens is 324 g/mol. The average molecular weight is 345 g/mol. The maximum absolute atomic E-state index is 5.49. The first kappa shape index (κ1) is 15.1. The van der Waals surface area contributed by atoms with Crippen LogP contribution >= 0.6 is 23.6 Å². The van der Waals surface area contributed by atoms with Gasteiger partial charge in [-0.1, -0.05) is 18.6 Å². The van der Waals surface area contributed by atoms with Crippen LogP contribution in [0.4, 0.5) is 0 Å². The van der Waals surface area contributed by atoms with Gasteiger partial charge in [-0.15, -0.1) is 11.3 Å². The van der Waals surface area contributed by atoms with Crippen molar-refractivity contribution >= 4 is 33.8 Å². The number of thiazole rings is 1. The summed E-state index contributed by atoms with van der Waals surface area (Å²) in [5.41, 5.74) is 1.12. The van der Waals surface area contributed by atoms with Crippen LogP contribution in [0.2, 0.25) is 0 Å². The van der Waals surface area contributed by atoms with Crippen LogP contribution in [-0.2, 0) is 13.7 Å².